The summed E-state index contributed by atoms with van der Waals surface area (Å²) in [6.07, 6.45) is -3.68. The maximum Gasteiger partial charge on any atom is 0.433 e. The molecular formula is C15H9ClF3N3O2. The SMILES string of the molecule is COC(=O)c1cnn2c(C(F)(F)F)cc(-c3ccc(Cl)cc3)nc12. The number of aromatic nitrogens is 3. The number of benzene rings is 1. The van der Waals surface area contributed by atoms with Crippen molar-refractivity contribution in [3.63, 3.8) is 0 Å². The topological polar surface area (TPSA) is 56.5 Å². The number of esters is 1. The second-order valence-electron chi connectivity index (χ2n) is 4.82. The minimum atomic E-state index is -4.68. The molecule has 1 aromatic carbocycles. The summed E-state index contributed by atoms with van der Waals surface area (Å²) in [6, 6.07) is 7.01. The van der Waals surface area contributed by atoms with Crippen LogP contribution in [0.1, 0.15) is 16.1 Å². The molecule has 9 heteroatoms. The van der Waals surface area contributed by atoms with Gasteiger partial charge in [0.2, 0.25) is 0 Å². The van der Waals surface area contributed by atoms with Crippen LogP contribution in [0.15, 0.2) is 36.5 Å². The van der Waals surface area contributed by atoms with E-state index in [9.17, 15) is 18.0 Å². The molecule has 0 aliphatic carbocycles. The molecule has 3 aromatic rings. The van der Waals surface area contributed by atoms with Crippen LogP contribution >= 0.6 is 11.6 Å². The van der Waals surface area contributed by atoms with Gasteiger partial charge in [0.05, 0.1) is 19.0 Å². The fraction of sp³-hybridized carbons (Fsp3) is 0.133. The highest BCUT2D eigenvalue weighted by atomic mass is 35.5. The summed E-state index contributed by atoms with van der Waals surface area (Å²) in [5, 5.41) is 4.06. The van der Waals surface area contributed by atoms with Crippen molar-refractivity contribution in [1.82, 2.24) is 14.6 Å². The fourth-order valence-electron chi connectivity index (χ4n) is 2.19. The first-order valence-electron chi connectivity index (χ1n) is 6.61. The number of rotatable bonds is 2. The van der Waals surface area contributed by atoms with E-state index in [0.717, 1.165) is 19.4 Å². The third-order valence-corrected chi connectivity index (χ3v) is 3.56. The normalized spacial score (nSPS) is 11.7. The van der Waals surface area contributed by atoms with Gasteiger partial charge in [0.1, 0.15) is 5.56 Å². The summed E-state index contributed by atoms with van der Waals surface area (Å²) in [5.41, 5.74) is -0.977. The molecule has 0 unspecified atom stereocenters. The van der Waals surface area contributed by atoms with Crippen molar-refractivity contribution in [2.24, 2.45) is 0 Å². The van der Waals surface area contributed by atoms with Gasteiger partial charge in [-0.2, -0.15) is 18.3 Å². The molecule has 0 saturated heterocycles. The van der Waals surface area contributed by atoms with Crippen molar-refractivity contribution < 1.29 is 22.7 Å². The van der Waals surface area contributed by atoms with Crippen LogP contribution in [0.2, 0.25) is 5.02 Å². The Morgan fingerprint density at radius 2 is 1.92 bits per heavy atom. The van der Waals surface area contributed by atoms with E-state index in [2.05, 4.69) is 14.8 Å². The van der Waals surface area contributed by atoms with Gasteiger partial charge in [0, 0.05) is 10.6 Å². The van der Waals surface area contributed by atoms with E-state index in [0.29, 0.717) is 15.1 Å². The maximum absolute atomic E-state index is 13.3. The second-order valence-corrected chi connectivity index (χ2v) is 5.25. The number of alkyl halides is 3. The van der Waals surface area contributed by atoms with Gasteiger partial charge in [0.15, 0.2) is 11.3 Å². The molecule has 0 aliphatic heterocycles. The molecule has 24 heavy (non-hydrogen) atoms. The Balaban J connectivity index is 2.31. The first-order chi connectivity index (χ1) is 11.3. The number of nitrogens with zero attached hydrogens (tertiary/aromatic N) is 3. The summed E-state index contributed by atoms with van der Waals surface area (Å²) < 4.78 is 45.2. The predicted molar refractivity (Wildman–Crippen MR) is 79.8 cm³/mol. The molecule has 3 rings (SSSR count). The Hall–Kier alpha value is -2.61. The second kappa shape index (κ2) is 5.79. The molecule has 0 saturated carbocycles. The van der Waals surface area contributed by atoms with Crippen LogP contribution in [0.5, 0.6) is 0 Å². The van der Waals surface area contributed by atoms with Gasteiger partial charge in [-0.05, 0) is 18.2 Å². The molecule has 0 fully saturated rings. The van der Waals surface area contributed by atoms with Gasteiger partial charge in [-0.3, -0.25) is 0 Å². The van der Waals surface area contributed by atoms with Crippen LogP contribution in [0.4, 0.5) is 13.2 Å². The molecule has 0 bridgehead atoms. The van der Waals surface area contributed by atoms with E-state index in [1.165, 1.54) is 24.3 Å². The summed E-state index contributed by atoms with van der Waals surface area (Å²) >= 11 is 5.79. The Morgan fingerprint density at radius 3 is 2.50 bits per heavy atom. The molecule has 0 N–H and O–H groups in total. The van der Waals surface area contributed by atoms with Crippen molar-refractivity contribution in [2.45, 2.75) is 6.18 Å². The lowest BCUT2D eigenvalue weighted by molar-refractivity contribution is -0.142. The molecule has 2 heterocycles. The van der Waals surface area contributed by atoms with Crippen molar-refractivity contribution in [2.75, 3.05) is 7.11 Å². The molecule has 0 amide bonds. The van der Waals surface area contributed by atoms with Crippen LogP contribution in [0.25, 0.3) is 16.9 Å². The first-order valence-corrected chi connectivity index (χ1v) is 6.99. The number of carbonyl (C=O) groups excluding carboxylic acids is 1. The third kappa shape index (κ3) is 2.80. The number of fused-ring (bicyclic) bond motifs is 1. The average molecular weight is 356 g/mol. The largest absolute Gasteiger partial charge is 0.465 e. The van der Waals surface area contributed by atoms with E-state index in [-0.39, 0.29) is 16.9 Å². The van der Waals surface area contributed by atoms with Gasteiger partial charge in [-0.15, -0.1) is 0 Å². The van der Waals surface area contributed by atoms with E-state index in [1.807, 2.05) is 0 Å². The Kier molecular flexibility index (Phi) is 3.92. The highest BCUT2D eigenvalue weighted by molar-refractivity contribution is 6.30. The van der Waals surface area contributed by atoms with Crippen molar-refractivity contribution in [3.8, 4) is 11.3 Å². The Morgan fingerprint density at radius 1 is 1.25 bits per heavy atom. The molecule has 2 aromatic heterocycles. The molecule has 124 valence electrons. The van der Waals surface area contributed by atoms with Crippen LogP contribution in [-0.4, -0.2) is 27.7 Å². The zero-order chi connectivity index (χ0) is 17.5. The maximum atomic E-state index is 13.3. The molecular weight excluding hydrogens is 347 g/mol. The van der Waals surface area contributed by atoms with Crippen LogP contribution in [-0.2, 0) is 10.9 Å². The van der Waals surface area contributed by atoms with Gasteiger partial charge in [-0.25, -0.2) is 14.3 Å². The van der Waals surface area contributed by atoms with Crippen molar-refractivity contribution in [3.05, 3.63) is 52.8 Å². The molecule has 0 spiro atoms. The standard InChI is InChI=1S/C15H9ClF3N3O2/c1-24-14(23)10-7-20-22-12(15(17,18)19)6-11(21-13(10)22)8-2-4-9(16)5-3-8/h2-7H,1H3. The number of methoxy groups -OCH3 is 1. The monoisotopic (exact) mass is 355 g/mol. The smallest absolute Gasteiger partial charge is 0.433 e. The highest BCUT2D eigenvalue weighted by Gasteiger charge is 2.36. The van der Waals surface area contributed by atoms with E-state index < -0.39 is 17.8 Å². The van der Waals surface area contributed by atoms with E-state index in [4.69, 9.17) is 11.6 Å². The molecule has 0 atom stereocenters. The summed E-state index contributed by atoms with van der Waals surface area (Å²) in [5.74, 6) is -0.820. The number of ether oxygens (including phenoxy) is 1. The molecule has 5 nitrogen and oxygen atoms in total. The van der Waals surface area contributed by atoms with Gasteiger partial charge < -0.3 is 4.74 Å². The zero-order valence-electron chi connectivity index (χ0n) is 12.1. The number of halogens is 4. The van der Waals surface area contributed by atoms with E-state index in [1.54, 1.807) is 0 Å². The lowest BCUT2D eigenvalue weighted by Crippen LogP contribution is -2.14. The Labute approximate surface area is 138 Å². The van der Waals surface area contributed by atoms with Crippen molar-refractivity contribution >= 4 is 23.2 Å². The van der Waals surface area contributed by atoms with Crippen LogP contribution in [0, 0.1) is 0 Å². The fourth-order valence-corrected chi connectivity index (χ4v) is 2.31. The molecule has 0 radical (unpaired) electrons. The highest BCUT2D eigenvalue weighted by Crippen LogP contribution is 2.33. The summed E-state index contributed by atoms with van der Waals surface area (Å²) in [4.78, 5) is 15.9. The lowest BCUT2D eigenvalue weighted by atomic mass is 10.1. The van der Waals surface area contributed by atoms with Gasteiger partial charge >= 0.3 is 12.1 Å². The third-order valence-electron chi connectivity index (χ3n) is 3.31. The Bertz CT molecular complexity index is 920. The van der Waals surface area contributed by atoms with Gasteiger partial charge in [0.25, 0.3) is 0 Å². The number of hydrogen-bond acceptors (Lipinski definition) is 4. The van der Waals surface area contributed by atoms with Crippen LogP contribution in [0.3, 0.4) is 0 Å². The quantitative estimate of drug-likeness (QED) is 0.655. The zero-order valence-corrected chi connectivity index (χ0v) is 12.9. The van der Waals surface area contributed by atoms with Gasteiger partial charge in [-0.1, -0.05) is 23.7 Å². The minimum Gasteiger partial charge on any atom is -0.465 e. The molecule has 0 aliphatic rings. The summed E-state index contributed by atoms with van der Waals surface area (Å²) in [6.45, 7) is 0. The van der Waals surface area contributed by atoms with Crippen LogP contribution < -0.4 is 0 Å². The lowest BCUT2D eigenvalue weighted by Gasteiger charge is -2.11. The minimum absolute atomic E-state index is 0.0390. The van der Waals surface area contributed by atoms with E-state index >= 15 is 0 Å². The predicted octanol–water partition coefficient (Wildman–Crippen LogP) is 3.86. The number of carbonyl (C=O) groups is 1. The summed E-state index contributed by atoms with van der Waals surface area (Å²) in [7, 11) is 1.12. The number of hydrogen-bond donors (Lipinski definition) is 0. The van der Waals surface area contributed by atoms with Crippen molar-refractivity contribution in [1.29, 1.82) is 0 Å². The first kappa shape index (κ1) is 16.3. The average Bonchev–Trinajstić information content (AvgIpc) is 2.96.